The van der Waals surface area contributed by atoms with Crippen LogP contribution in [0, 0.1) is 0 Å². The third kappa shape index (κ3) is 3.69. The van der Waals surface area contributed by atoms with E-state index in [2.05, 4.69) is 24.5 Å². The van der Waals surface area contributed by atoms with Crippen LogP contribution in [0.4, 0.5) is 0 Å². The number of nitrogens with one attached hydrogen (secondary N) is 2. The topological polar surface area (TPSA) is 24.1 Å². The summed E-state index contributed by atoms with van der Waals surface area (Å²) in [6.07, 6.45) is 1.25. The van der Waals surface area contributed by atoms with Crippen molar-refractivity contribution < 1.29 is 0 Å². The fraction of sp³-hybridized carbons (Fsp3) is 1.00. The molecule has 1 fully saturated rings. The van der Waals surface area contributed by atoms with Gasteiger partial charge in [-0.3, -0.25) is 10.6 Å². The van der Waals surface area contributed by atoms with Crippen molar-refractivity contribution in [3.8, 4) is 0 Å². The van der Waals surface area contributed by atoms with Crippen LogP contribution in [0.25, 0.3) is 0 Å². The molecular formula is C7H16N2S2. The van der Waals surface area contributed by atoms with Gasteiger partial charge in [0.2, 0.25) is 0 Å². The smallest absolute Gasteiger partial charge is 0.116 e. The molecule has 0 bridgehead atoms. The van der Waals surface area contributed by atoms with E-state index in [0.29, 0.717) is 5.50 Å². The Kier molecular flexibility index (Phi) is 4.67. The monoisotopic (exact) mass is 192 g/mol. The summed E-state index contributed by atoms with van der Waals surface area (Å²) in [5.74, 6) is 0. The molecule has 0 aromatic rings. The van der Waals surface area contributed by atoms with Crippen LogP contribution in [-0.2, 0) is 0 Å². The lowest BCUT2D eigenvalue weighted by atomic mass is 10.4. The number of hydrogen-bond donors (Lipinski definition) is 2. The van der Waals surface area contributed by atoms with Crippen molar-refractivity contribution in [3.63, 3.8) is 0 Å². The van der Waals surface area contributed by atoms with Gasteiger partial charge in [-0.1, -0.05) is 35.4 Å². The molecule has 0 radical (unpaired) electrons. The van der Waals surface area contributed by atoms with E-state index in [0.717, 1.165) is 18.3 Å². The Balaban J connectivity index is 2.01. The second kappa shape index (κ2) is 5.30. The molecule has 0 spiro atoms. The predicted molar refractivity (Wildman–Crippen MR) is 54.7 cm³/mol. The van der Waals surface area contributed by atoms with Crippen molar-refractivity contribution in [2.45, 2.75) is 31.0 Å². The quantitative estimate of drug-likeness (QED) is 0.661. The van der Waals surface area contributed by atoms with E-state index in [-0.39, 0.29) is 0 Å². The van der Waals surface area contributed by atoms with E-state index < -0.39 is 0 Å². The normalized spacial score (nSPS) is 22.4. The van der Waals surface area contributed by atoms with E-state index in [1.807, 2.05) is 21.6 Å². The lowest BCUT2D eigenvalue weighted by Gasteiger charge is -2.12. The molecule has 66 valence electrons. The van der Waals surface area contributed by atoms with Crippen LogP contribution in [0.1, 0.15) is 20.3 Å². The van der Waals surface area contributed by atoms with Gasteiger partial charge in [0.25, 0.3) is 0 Å². The highest BCUT2D eigenvalue weighted by Crippen LogP contribution is 2.30. The van der Waals surface area contributed by atoms with Crippen molar-refractivity contribution in [3.05, 3.63) is 0 Å². The molecule has 0 aromatic carbocycles. The fourth-order valence-electron chi connectivity index (χ4n) is 0.765. The minimum atomic E-state index is 0.481. The Morgan fingerprint density at radius 1 is 1.45 bits per heavy atom. The Hall–Kier alpha value is 0.620. The van der Waals surface area contributed by atoms with Crippen LogP contribution < -0.4 is 10.6 Å². The first-order valence-electron chi connectivity index (χ1n) is 4.12. The maximum atomic E-state index is 3.37. The first-order valence-corrected chi connectivity index (χ1v) is 6.39. The Morgan fingerprint density at radius 2 is 2.09 bits per heavy atom. The lowest BCUT2D eigenvalue weighted by Crippen LogP contribution is -2.26. The number of rotatable bonds is 4. The molecule has 1 atom stereocenters. The van der Waals surface area contributed by atoms with Crippen LogP contribution in [0.2, 0.25) is 0 Å². The Morgan fingerprint density at radius 3 is 2.64 bits per heavy atom. The average molecular weight is 192 g/mol. The summed E-state index contributed by atoms with van der Waals surface area (Å²) in [6, 6.07) is 0. The van der Waals surface area contributed by atoms with E-state index in [4.69, 9.17) is 0 Å². The largest absolute Gasteiger partial charge is 0.291 e. The minimum Gasteiger partial charge on any atom is -0.291 e. The summed E-state index contributed by atoms with van der Waals surface area (Å²) < 4.78 is 0. The van der Waals surface area contributed by atoms with Gasteiger partial charge in [0.15, 0.2) is 0 Å². The molecule has 11 heavy (non-hydrogen) atoms. The molecule has 4 heteroatoms. The summed E-state index contributed by atoms with van der Waals surface area (Å²) in [5, 5.41) is 7.50. The molecule has 1 heterocycles. The molecule has 1 aliphatic heterocycles. The zero-order valence-electron chi connectivity index (χ0n) is 7.09. The Labute approximate surface area is 76.7 Å². The minimum absolute atomic E-state index is 0.481. The van der Waals surface area contributed by atoms with Crippen LogP contribution in [0.3, 0.4) is 0 Å². The maximum absolute atomic E-state index is 3.37. The zero-order chi connectivity index (χ0) is 8.10. The third-order valence-electron chi connectivity index (χ3n) is 1.68. The van der Waals surface area contributed by atoms with Crippen molar-refractivity contribution in [1.29, 1.82) is 0 Å². The van der Waals surface area contributed by atoms with Crippen molar-refractivity contribution in [2.75, 3.05) is 13.1 Å². The second-order valence-electron chi connectivity index (χ2n) is 2.70. The van der Waals surface area contributed by atoms with E-state index in [9.17, 15) is 0 Å². The van der Waals surface area contributed by atoms with E-state index in [1.165, 1.54) is 6.42 Å². The summed E-state index contributed by atoms with van der Waals surface area (Å²) in [4.78, 5) is 0. The van der Waals surface area contributed by atoms with Gasteiger partial charge in [-0.15, -0.1) is 0 Å². The summed E-state index contributed by atoms with van der Waals surface area (Å²) >= 11 is 0. The standard InChI is InChI=1S/C7H16N2S2/c1-3-6(2)10-11-7-8-4-5-9-7/h6-9H,3-5H2,1-2H3. The molecule has 1 rings (SSSR count). The van der Waals surface area contributed by atoms with Gasteiger partial charge >= 0.3 is 0 Å². The second-order valence-corrected chi connectivity index (χ2v) is 5.52. The van der Waals surface area contributed by atoms with Gasteiger partial charge in [0, 0.05) is 18.3 Å². The van der Waals surface area contributed by atoms with Crippen LogP contribution in [-0.4, -0.2) is 23.8 Å². The Bertz CT molecular complexity index is 105. The molecule has 0 amide bonds. The van der Waals surface area contributed by atoms with Gasteiger partial charge < -0.3 is 0 Å². The summed E-state index contributed by atoms with van der Waals surface area (Å²) in [5.41, 5.74) is 0.481. The van der Waals surface area contributed by atoms with Crippen molar-refractivity contribution in [1.82, 2.24) is 10.6 Å². The molecule has 0 saturated carbocycles. The predicted octanol–water partition coefficient (Wildman–Crippen LogP) is 1.64. The molecule has 2 nitrogen and oxygen atoms in total. The van der Waals surface area contributed by atoms with Gasteiger partial charge in [-0.25, -0.2) is 0 Å². The highest BCUT2D eigenvalue weighted by atomic mass is 33.1. The molecule has 1 unspecified atom stereocenters. The lowest BCUT2D eigenvalue weighted by molar-refractivity contribution is 0.749. The summed E-state index contributed by atoms with van der Waals surface area (Å²) in [6.45, 7) is 6.72. The maximum Gasteiger partial charge on any atom is 0.116 e. The third-order valence-corrected chi connectivity index (χ3v) is 4.87. The van der Waals surface area contributed by atoms with Crippen LogP contribution >= 0.6 is 21.6 Å². The van der Waals surface area contributed by atoms with Gasteiger partial charge in [0.05, 0.1) is 0 Å². The average Bonchev–Trinajstić information content (AvgIpc) is 2.52. The van der Waals surface area contributed by atoms with Crippen molar-refractivity contribution in [2.24, 2.45) is 0 Å². The molecule has 0 aliphatic carbocycles. The van der Waals surface area contributed by atoms with E-state index >= 15 is 0 Å². The van der Waals surface area contributed by atoms with Gasteiger partial charge in [0.1, 0.15) is 5.50 Å². The van der Waals surface area contributed by atoms with Crippen LogP contribution in [0.5, 0.6) is 0 Å². The first-order chi connectivity index (χ1) is 5.33. The molecule has 0 aromatic heterocycles. The van der Waals surface area contributed by atoms with Gasteiger partial charge in [-0.05, 0) is 6.42 Å². The van der Waals surface area contributed by atoms with Crippen LogP contribution in [0.15, 0.2) is 0 Å². The highest BCUT2D eigenvalue weighted by molar-refractivity contribution is 8.77. The first kappa shape index (κ1) is 9.71. The highest BCUT2D eigenvalue weighted by Gasteiger charge is 2.14. The summed E-state index contributed by atoms with van der Waals surface area (Å²) in [7, 11) is 3.88. The van der Waals surface area contributed by atoms with Crippen molar-refractivity contribution >= 4 is 21.6 Å². The molecule has 2 N–H and O–H groups in total. The number of hydrogen-bond acceptors (Lipinski definition) is 4. The van der Waals surface area contributed by atoms with E-state index in [1.54, 1.807) is 0 Å². The fourth-order valence-corrected chi connectivity index (χ4v) is 3.29. The van der Waals surface area contributed by atoms with Gasteiger partial charge in [-0.2, -0.15) is 0 Å². The zero-order valence-corrected chi connectivity index (χ0v) is 8.73. The SMILES string of the molecule is CCC(C)SSC1NCCN1. The molecule has 1 aliphatic rings. The molecular weight excluding hydrogens is 176 g/mol. The molecule has 1 saturated heterocycles.